The van der Waals surface area contributed by atoms with Gasteiger partial charge in [0.05, 0.1) is 17.5 Å². The summed E-state index contributed by atoms with van der Waals surface area (Å²) in [5.41, 5.74) is 4.58. The fourth-order valence-corrected chi connectivity index (χ4v) is 3.89. The molecule has 5 heteroatoms. The molecule has 0 atom stereocenters. The molecule has 2 rings (SSSR count). The molecule has 0 heterocycles. The Labute approximate surface area is 164 Å². The minimum absolute atomic E-state index is 0.196. The van der Waals surface area contributed by atoms with E-state index in [1.165, 1.54) is 16.7 Å². The number of aliphatic hydroxyl groups is 1. The summed E-state index contributed by atoms with van der Waals surface area (Å²) in [5.74, 6) is 1.44. The Morgan fingerprint density at radius 3 is 2.65 bits per heavy atom. The van der Waals surface area contributed by atoms with Crippen LogP contribution in [0.2, 0.25) is 0 Å². The highest BCUT2D eigenvalue weighted by Crippen LogP contribution is 2.38. The van der Waals surface area contributed by atoms with Gasteiger partial charge in [0.1, 0.15) is 17.3 Å². The van der Waals surface area contributed by atoms with E-state index in [1.54, 1.807) is 13.0 Å². The molecule has 0 amide bonds. The Morgan fingerprint density at radius 1 is 1.31 bits per heavy atom. The average molecular weight is 423 g/mol. The minimum Gasteiger partial charge on any atom is -0.511 e. The van der Waals surface area contributed by atoms with Crippen LogP contribution in [0.25, 0.3) is 0 Å². The lowest BCUT2D eigenvalue weighted by Crippen LogP contribution is -2.10. The first-order chi connectivity index (χ1) is 12.4. The first-order valence-corrected chi connectivity index (χ1v) is 9.90. The number of esters is 1. The Kier molecular flexibility index (Phi) is 7.33. The summed E-state index contributed by atoms with van der Waals surface area (Å²) in [5, 5.41) is 9.84. The summed E-state index contributed by atoms with van der Waals surface area (Å²) in [4.78, 5) is 12.0. The van der Waals surface area contributed by atoms with Crippen molar-refractivity contribution in [3.63, 3.8) is 0 Å². The van der Waals surface area contributed by atoms with E-state index >= 15 is 0 Å². The van der Waals surface area contributed by atoms with Crippen molar-refractivity contribution in [3.05, 3.63) is 50.4 Å². The van der Waals surface area contributed by atoms with Crippen molar-refractivity contribution in [2.24, 2.45) is 0 Å². The summed E-state index contributed by atoms with van der Waals surface area (Å²) >= 11 is 3.37. The molecule has 1 aliphatic rings. The number of benzene rings is 1. The molecule has 4 nitrogen and oxygen atoms in total. The smallest absolute Gasteiger partial charge is 0.310 e. The van der Waals surface area contributed by atoms with E-state index < -0.39 is 0 Å². The molecule has 0 saturated heterocycles. The number of hydrogen-bond acceptors (Lipinski definition) is 4. The minimum atomic E-state index is -0.249. The van der Waals surface area contributed by atoms with Gasteiger partial charge in [-0.15, -0.1) is 0 Å². The van der Waals surface area contributed by atoms with Gasteiger partial charge in [0.15, 0.2) is 0 Å². The Bertz CT molecular complexity index is 747. The van der Waals surface area contributed by atoms with Crippen molar-refractivity contribution in [1.29, 1.82) is 0 Å². The third-order valence-electron chi connectivity index (χ3n) is 4.49. The predicted molar refractivity (Wildman–Crippen MR) is 107 cm³/mol. The Balaban J connectivity index is 2.41. The number of fused-ring (bicyclic) bond motifs is 1. The SMILES string of the molecule is CCOC(=O)Cc1cc(C)c2c(c1O/C(C)=C/C(Br)=C(/O)CC)CCC2. The van der Waals surface area contributed by atoms with Crippen LogP contribution in [0.5, 0.6) is 5.75 Å². The number of rotatable bonds is 7. The highest BCUT2D eigenvalue weighted by atomic mass is 79.9. The van der Waals surface area contributed by atoms with Crippen LogP contribution in [0.15, 0.2) is 28.1 Å². The zero-order valence-corrected chi connectivity index (χ0v) is 17.5. The Morgan fingerprint density at radius 2 is 2.00 bits per heavy atom. The van der Waals surface area contributed by atoms with Gasteiger partial charge in [0.2, 0.25) is 0 Å². The van der Waals surface area contributed by atoms with Crippen molar-refractivity contribution in [2.75, 3.05) is 6.61 Å². The van der Waals surface area contributed by atoms with Gasteiger partial charge in [0.25, 0.3) is 0 Å². The average Bonchev–Trinajstić information content (AvgIpc) is 3.08. The maximum Gasteiger partial charge on any atom is 0.310 e. The standard InChI is InChI=1S/C21H27BrO4/c1-5-19(23)18(22)11-14(4)26-21-15(12-20(24)25-6-2)10-13(3)16-8-7-9-17(16)21/h10-11,23H,5-9,12H2,1-4H3/b14-11+,19-18-. The molecule has 26 heavy (non-hydrogen) atoms. The summed E-state index contributed by atoms with van der Waals surface area (Å²) in [6, 6.07) is 2.04. The van der Waals surface area contributed by atoms with Gasteiger partial charge in [-0.05, 0) is 78.7 Å². The van der Waals surface area contributed by atoms with Crippen LogP contribution in [-0.4, -0.2) is 17.7 Å². The van der Waals surface area contributed by atoms with Crippen LogP contribution in [0, 0.1) is 6.92 Å². The van der Waals surface area contributed by atoms with Gasteiger partial charge in [-0.1, -0.05) is 13.0 Å². The molecule has 0 fully saturated rings. The fourth-order valence-electron chi connectivity index (χ4n) is 3.28. The lowest BCUT2D eigenvalue weighted by Gasteiger charge is -2.18. The molecule has 0 aliphatic heterocycles. The molecule has 1 aromatic rings. The molecule has 1 aliphatic carbocycles. The molecule has 1 aromatic carbocycles. The molecule has 142 valence electrons. The first kappa shape index (κ1) is 20.6. The van der Waals surface area contributed by atoms with Gasteiger partial charge >= 0.3 is 5.97 Å². The highest BCUT2D eigenvalue weighted by Gasteiger charge is 2.23. The zero-order chi connectivity index (χ0) is 19.3. The third kappa shape index (κ3) is 4.91. The largest absolute Gasteiger partial charge is 0.511 e. The van der Waals surface area contributed by atoms with Crippen molar-refractivity contribution in [2.45, 2.75) is 59.8 Å². The quantitative estimate of drug-likeness (QED) is 0.360. The second-order valence-corrected chi connectivity index (χ2v) is 7.33. The number of aliphatic hydroxyl groups excluding tert-OH is 1. The Hall–Kier alpha value is -1.75. The summed E-state index contributed by atoms with van der Waals surface area (Å²) in [6.07, 6.45) is 5.58. The van der Waals surface area contributed by atoms with Crippen LogP contribution in [-0.2, 0) is 28.8 Å². The van der Waals surface area contributed by atoms with Crippen LogP contribution < -0.4 is 4.74 Å². The normalized spacial score (nSPS) is 14.7. The van der Waals surface area contributed by atoms with E-state index in [-0.39, 0.29) is 18.1 Å². The molecule has 1 N–H and O–H groups in total. The van der Waals surface area contributed by atoms with Crippen LogP contribution in [0.1, 0.15) is 55.9 Å². The topological polar surface area (TPSA) is 55.8 Å². The maximum absolute atomic E-state index is 12.0. The van der Waals surface area contributed by atoms with Crippen molar-refractivity contribution in [3.8, 4) is 5.75 Å². The summed E-state index contributed by atoms with van der Waals surface area (Å²) < 4.78 is 11.9. The molecular weight excluding hydrogens is 396 g/mol. The van der Waals surface area contributed by atoms with Gasteiger partial charge in [0, 0.05) is 12.0 Å². The fraction of sp³-hybridized carbons (Fsp3) is 0.476. The molecule has 0 saturated carbocycles. The van der Waals surface area contributed by atoms with Crippen LogP contribution >= 0.6 is 15.9 Å². The maximum atomic E-state index is 12.0. The van der Waals surface area contributed by atoms with E-state index in [1.807, 2.05) is 19.9 Å². The van der Waals surface area contributed by atoms with E-state index in [0.717, 1.165) is 30.6 Å². The highest BCUT2D eigenvalue weighted by molar-refractivity contribution is 9.11. The number of ether oxygens (including phenoxy) is 2. The lowest BCUT2D eigenvalue weighted by atomic mass is 9.97. The number of allylic oxidation sites excluding steroid dienone is 4. The molecule has 0 unspecified atom stereocenters. The second kappa shape index (κ2) is 9.26. The van der Waals surface area contributed by atoms with E-state index in [0.29, 0.717) is 23.3 Å². The predicted octanol–water partition coefficient (Wildman–Crippen LogP) is 5.45. The molecule has 0 spiro atoms. The van der Waals surface area contributed by atoms with E-state index in [4.69, 9.17) is 9.47 Å². The summed E-state index contributed by atoms with van der Waals surface area (Å²) in [6.45, 7) is 7.99. The second-order valence-electron chi connectivity index (χ2n) is 6.48. The van der Waals surface area contributed by atoms with Crippen LogP contribution in [0.4, 0.5) is 0 Å². The number of hydrogen-bond donors (Lipinski definition) is 1. The van der Waals surface area contributed by atoms with Gasteiger partial charge in [-0.2, -0.15) is 0 Å². The molecule has 0 aromatic heterocycles. The molecule has 0 radical (unpaired) electrons. The first-order valence-electron chi connectivity index (χ1n) is 9.10. The van der Waals surface area contributed by atoms with Crippen molar-refractivity contribution in [1.82, 2.24) is 0 Å². The van der Waals surface area contributed by atoms with Crippen LogP contribution in [0.3, 0.4) is 0 Å². The van der Waals surface area contributed by atoms with Gasteiger partial charge < -0.3 is 14.6 Å². The number of aryl methyl sites for hydroxylation is 1. The third-order valence-corrected chi connectivity index (χ3v) is 5.18. The number of halogens is 1. The number of carbonyl (C=O) groups excluding carboxylic acids is 1. The molecular formula is C21H27BrO4. The van der Waals surface area contributed by atoms with E-state index in [2.05, 4.69) is 22.9 Å². The zero-order valence-electron chi connectivity index (χ0n) is 15.9. The van der Waals surface area contributed by atoms with Crippen molar-refractivity contribution >= 4 is 21.9 Å². The van der Waals surface area contributed by atoms with Crippen molar-refractivity contribution < 1.29 is 19.4 Å². The summed E-state index contributed by atoms with van der Waals surface area (Å²) in [7, 11) is 0. The van der Waals surface area contributed by atoms with E-state index in [9.17, 15) is 9.90 Å². The van der Waals surface area contributed by atoms with Gasteiger partial charge in [-0.25, -0.2) is 0 Å². The number of carbonyl (C=O) groups is 1. The molecule has 0 bridgehead atoms. The lowest BCUT2D eigenvalue weighted by molar-refractivity contribution is -0.142. The van der Waals surface area contributed by atoms with Gasteiger partial charge in [-0.3, -0.25) is 4.79 Å². The monoisotopic (exact) mass is 422 g/mol.